The number of nitrogens with two attached hydrogens (primary N) is 1. The molecule has 0 aromatic heterocycles. The first-order chi connectivity index (χ1) is 18.2. The van der Waals surface area contributed by atoms with Crippen molar-refractivity contribution >= 4 is 46.2 Å². The molecule has 0 radical (unpaired) electrons. The molecular formula is C24H25N5O8S. The number of rotatable bonds is 10. The van der Waals surface area contributed by atoms with Gasteiger partial charge in [-0.15, -0.1) is 0 Å². The van der Waals surface area contributed by atoms with Crippen molar-refractivity contribution in [1.82, 2.24) is 10.7 Å². The molecule has 0 unspecified atom stereocenters. The fourth-order valence-corrected chi connectivity index (χ4v) is 4.37. The number of nitro benzene ring substituents is 1. The number of thioether (sulfide) groups is 1. The molecular weight excluding hydrogens is 518 g/mol. The summed E-state index contributed by atoms with van der Waals surface area (Å²) in [4.78, 5) is 59.5. The van der Waals surface area contributed by atoms with Gasteiger partial charge in [0.05, 0.1) is 16.5 Å². The molecule has 14 heteroatoms. The fraction of sp³-hybridized carbons (Fsp3) is 0.250. The van der Waals surface area contributed by atoms with E-state index in [9.17, 15) is 29.3 Å². The first kappa shape index (κ1) is 28.3. The summed E-state index contributed by atoms with van der Waals surface area (Å²) >= 11 is 0.937. The summed E-state index contributed by atoms with van der Waals surface area (Å²) in [5, 5.41) is 15.6. The highest BCUT2D eigenvalue weighted by Gasteiger charge is 2.32. The molecule has 38 heavy (non-hydrogen) atoms. The zero-order valence-electron chi connectivity index (χ0n) is 20.0. The molecule has 13 nitrogen and oxygen atoms in total. The number of hydrogen-bond acceptors (Lipinski definition) is 11. The van der Waals surface area contributed by atoms with E-state index in [0.717, 1.165) is 11.8 Å². The van der Waals surface area contributed by atoms with Crippen LogP contribution in [0.4, 0.5) is 16.2 Å². The molecule has 2 aromatic rings. The van der Waals surface area contributed by atoms with Crippen LogP contribution in [0, 0.1) is 10.1 Å². The van der Waals surface area contributed by atoms with E-state index >= 15 is 0 Å². The minimum Gasteiger partial charge on any atom is -0.458 e. The fourth-order valence-electron chi connectivity index (χ4n) is 3.50. The molecule has 2 aromatic carbocycles. The summed E-state index contributed by atoms with van der Waals surface area (Å²) < 4.78 is 10.2. The van der Waals surface area contributed by atoms with E-state index in [4.69, 9.17) is 15.3 Å². The van der Waals surface area contributed by atoms with Gasteiger partial charge < -0.3 is 20.1 Å². The second kappa shape index (κ2) is 13.3. The van der Waals surface area contributed by atoms with Crippen LogP contribution in [-0.2, 0) is 20.9 Å². The van der Waals surface area contributed by atoms with Crippen molar-refractivity contribution in [2.45, 2.75) is 24.3 Å². The molecule has 0 aliphatic carbocycles. The van der Waals surface area contributed by atoms with Gasteiger partial charge in [-0.3, -0.25) is 25.1 Å². The van der Waals surface area contributed by atoms with E-state index in [0.29, 0.717) is 18.5 Å². The lowest BCUT2D eigenvalue weighted by molar-refractivity contribution is -0.384. The van der Waals surface area contributed by atoms with Crippen LogP contribution >= 0.6 is 11.8 Å². The first-order valence-electron chi connectivity index (χ1n) is 11.2. The summed E-state index contributed by atoms with van der Waals surface area (Å²) in [7, 11) is 0. The standard InChI is InChI=1S/C24H25N5O8S/c1-2-7-36-23(32)16-8-15(21(30)28-25)9-17(10-16)27-22(31)20-11-19(12-26-20)38-24(33)37-13-14-3-5-18(6-4-14)29(34)35/h2-6,8-10,19-20,26H,1,7,11-13,25H2,(H,27,31)(H,28,30)/t19-,20-/m0/s1. The average Bonchev–Trinajstić information content (AvgIpc) is 3.38. The highest BCUT2D eigenvalue weighted by Crippen LogP contribution is 2.25. The Hall–Kier alpha value is -4.27. The van der Waals surface area contributed by atoms with E-state index in [1.54, 1.807) is 0 Å². The number of anilines is 1. The van der Waals surface area contributed by atoms with Crippen LogP contribution in [0.25, 0.3) is 0 Å². The maximum Gasteiger partial charge on any atom is 0.367 e. The predicted octanol–water partition coefficient (Wildman–Crippen LogP) is 2.28. The number of carbonyl (C=O) groups is 4. The van der Waals surface area contributed by atoms with E-state index < -0.39 is 34.1 Å². The quantitative estimate of drug-likeness (QED) is 0.0858. The van der Waals surface area contributed by atoms with Crippen molar-refractivity contribution in [2.24, 2.45) is 5.84 Å². The van der Waals surface area contributed by atoms with Gasteiger partial charge in [-0.1, -0.05) is 12.7 Å². The topological polar surface area (TPSA) is 192 Å². The summed E-state index contributed by atoms with van der Waals surface area (Å²) in [6, 6.07) is 9.03. The van der Waals surface area contributed by atoms with Crippen LogP contribution in [-0.4, -0.2) is 52.5 Å². The monoisotopic (exact) mass is 543 g/mol. The number of nitrogen functional groups attached to an aromatic ring is 1. The van der Waals surface area contributed by atoms with Crippen LogP contribution in [0.3, 0.4) is 0 Å². The van der Waals surface area contributed by atoms with Crippen LogP contribution < -0.4 is 21.9 Å². The minimum atomic E-state index is -0.713. The number of nitrogens with one attached hydrogen (secondary N) is 3. The third-order valence-electron chi connectivity index (χ3n) is 5.34. The third-order valence-corrected chi connectivity index (χ3v) is 6.34. The predicted molar refractivity (Wildman–Crippen MR) is 138 cm³/mol. The normalized spacial score (nSPS) is 16.2. The molecule has 1 fully saturated rings. The van der Waals surface area contributed by atoms with Crippen LogP contribution in [0.1, 0.15) is 32.7 Å². The van der Waals surface area contributed by atoms with Crippen molar-refractivity contribution < 1.29 is 33.6 Å². The minimum absolute atomic E-state index is 0.0325. The van der Waals surface area contributed by atoms with Gasteiger partial charge in [-0.05, 0) is 54.1 Å². The molecule has 5 N–H and O–H groups in total. The highest BCUT2D eigenvalue weighted by molar-refractivity contribution is 8.13. The van der Waals surface area contributed by atoms with Gasteiger partial charge in [0, 0.05) is 35.2 Å². The van der Waals surface area contributed by atoms with Gasteiger partial charge in [0.1, 0.15) is 13.2 Å². The highest BCUT2D eigenvalue weighted by atomic mass is 32.2. The smallest absolute Gasteiger partial charge is 0.367 e. The number of non-ortho nitro benzene ring substituents is 1. The second-order valence-electron chi connectivity index (χ2n) is 8.05. The van der Waals surface area contributed by atoms with Crippen LogP contribution in [0.5, 0.6) is 0 Å². The lowest BCUT2D eigenvalue weighted by Crippen LogP contribution is -2.35. The molecule has 1 aliphatic rings. The molecule has 2 amide bonds. The van der Waals surface area contributed by atoms with Crippen LogP contribution in [0.15, 0.2) is 55.1 Å². The molecule has 1 saturated heterocycles. The molecule has 200 valence electrons. The SMILES string of the molecule is C=CCOC(=O)c1cc(NC(=O)[C@@H]2C[C@H](SC(=O)OCc3ccc([N+](=O)[O-])cc3)CN2)cc(C(=O)NN)c1. The zero-order chi connectivity index (χ0) is 27.7. The first-order valence-corrected chi connectivity index (χ1v) is 12.1. The van der Waals surface area contributed by atoms with E-state index in [1.165, 1.54) is 48.5 Å². The number of ether oxygens (including phenoxy) is 2. The van der Waals surface area contributed by atoms with Crippen molar-refractivity contribution in [1.29, 1.82) is 0 Å². The number of nitro groups is 1. The molecule has 0 bridgehead atoms. The Bertz CT molecular complexity index is 1240. The molecule has 2 atom stereocenters. The number of benzene rings is 2. The third kappa shape index (κ3) is 7.86. The van der Waals surface area contributed by atoms with Crippen molar-refractivity contribution in [3.05, 3.63) is 81.9 Å². The van der Waals surface area contributed by atoms with Gasteiger partial charge in [0.2, 0.25) is 5.91 Å². The Kier molecular flexibility index (Phi) is 9.92. The zero-order valence-corrected chi connectivity index (χ0v) is 20.8. The second-order valence-corrected chi connectivity index (χ2v) is 9.28. The molecule has 1 heterocycles. The summed E-state index contributed by atoms with van der Waals surface area (Å²) in [5.74, 6) is 3.39. The largest absolute Gasteiger partial charge is 0.458 e. The maximum absolute atomic E-state index is 12.8. The Labute approximate surface area is 221 Å². The van der Waals surface area contributed by atoms with E-state index in [-0.39, 0.29) is 41.0 Å². The number of carbonyl (C=O) groups excluding carboxylic acids is 4. The van der Waals surface area contributed by atoms with Crippen molar-refractivity contribution in [2.75, 3.05) is 18.5 Å². The summed E-state index contributed by atoms with van der Waals surface area (Å²) in [6.07, 6.45) is 1.71. The Balaban J connectivity index is 1.55. The van der Waals surface area contributed by atoms with Gasteiger partial charge in [-0.25, -0.2) is 15.4 Å². The summed E-state index contributed by atoms with van der Waals surface area (Å²) in [5.41, 5.74) is 2.77. The number of esters is 1. The Morgan fingerprint density at radius 1 is 1.16 bits per heavy atom. The number of hydrogen-bond donors (Lipinski definition) is 4. The number of nitrogens with zero attached hydrogens (tertiary/aromatic N) is 1. The van der Waals surface area contributed by atoms with Crippen molar-refractivity contribution in [3.8, 4) is 0 Å². The Morgan fingerprint density at radius 3 is 2.53 bits per heavy atom. The lowest BCUT2D eigenvalue weighted by Gasteiger charge is -2.13. The lowest BCUT2D eigenvalue weighted by atomic mass is 10.1. The van der Waals surface area contributed by atoms with Gasteiger partial charge in [-0.2, -0.15) is 0 Å². The molecule has 0 saturated carbocycles. The van der Waals surface area contributed by atoms with Crippen LogP contribution in [0.2, 0.25) is 0 Å². The molecule has 1 aliphatic heterocycles. The molecule has 0 spiro atoms. The summed E-state index contributed by atoms with van der Waals surface area (Å²) in [6.45, 7) is 3.76. The van der Waals surface area contributed by atoms with E-state index in [1.807, 2.05) is 5.43 Å². The number of hydrazine groups is 1. The maximum atomic E-state index is 12.8. The van der Waals surface area contributed by atoms with Gasteiger partial charge in [0.15, 0.2) is 0 Å². The Morgan fingerprint density at radius 2 is 1.87 bits per heavy atom. The van der Waals surface area contributed by atoms with E-state index in [2.05, 4.69) is 17.2 Å². The molecule has 3 rings (SSSR count). The average molecular weight is 544 g/mol. The van der Waals surface area contributed by atoms with Crippen molar-refractivity contribution in [3.63, 3.8) is 0 Å². The van der Waals surface area contributed by atoms with Gasteiger partial charge in [0.25, 0.3) is 11.6 Å². The number of amides is 2. The van der Waals surface area contributed by atoms with Gasteiger partial charge >= 0.3 is 11.3 Å².